The molecular weight excluding hydrogens is 565 g/mol. The van der Waals surface area contributed by atoms with E-state index in [1.54, 1.807) is 6.07 Å². The summed E-state index contributed by atoms with van der Waals surface area (Å²) in [6, 6.07) is 10.6. The number of anilines is 1. The summed E-state index contributed by atoms with van der Waals surface area (Å²) in [4.78, 5) is 22.9. The molecule has 7 rings (SSSR count). The van der Waals surface area contributed by atoms with Gasteiger partial charge in [-0.1, -0.05) is 24.6 Å². The molecule has 3 saturated heterocycles. The predicted octanol–water partition coefficient (Wildman–Crippen LogP) is 6.02. The quantitative estimate of drug-likeness (QED) is 0.308. The van der Waals surface area contributed by atoms with Gasteiger partial charge in [-0.15, -0.1) is 0 Å². The van der Waals surface area contributed by atoms with E-state index in [4.69, 9.17) is 0 Å². The van der Waals surface area contributed by atoms with Crippen molar-refractivity contribution in [2.24, 2.45) is 5.92 Å². The van der Waals surface area contributed by atoms with Crippen LogP contribution in [0.2, 0.25) is 0 Å². The molecule has 0 saturated carbocycles. The number of halogens is 1. The van der Waals surface area contributed by atoms with E-state index < -0.39 is 0 Å². The van der Waals surface area contributed by atoms with Crippen molar-refractivity contribution in [1.82, 2.24) is 29.8 Å². The number of likely N-dealkylation sites (tertiary alicyclic amines) is 3. The van der Waals surface area contributed by atoms with Crippen LogP contribution in [0.15, 0.2) is 36.5 Å². The van der Waals surface area contributed by atoms with Gasteiger partial charge in [-0.2, -0.15) is 5.10 Å². The second-order valence-corrected chi connectivity index (χ2v) is 14.1. The Morgan fingerprint density at radius 2 is 1.71 bits per heavy atom. The van der Waals surface area contributed by atoms with Crippen LogP contribution in [-0.2, 0) is 13.0 Å². The molecule has 0 radical (unpaired) electrons. The number of hydrogen-bond donors (Lipinski definition) is 2. The summed E-state index contributed by atoms with van der Waals surface area (Å²) < 4.78 is 14.2. The van der Waals surface area contributed by atoms with Gasteiger partial charge in [0.1, 0.15) is 5.82 Å². The molecule has 0 bridgehead atoms. The number of aromatic amines is 1. The van der Waals surface area contributed by atoms with Crippen molar-refractivity contribution in [2.45, 2.75) is 83.3 Å². The molecule has 4 aliphatic heterocycles. The van der Waals surface area contributed by atoms with E-state index in [1.165, 1.54) is 87.3 Å². The molecule has 1 atom stereocenters. The van der Waals surface area contributed by atoms with Crippen molar-refractivity contribution in [3.63, 3.8) is 0 Å². The normalized spacial score (nSPS) is 22.1. The monoisotopic (exact) mass is 615 g/mol. The first-order valence-electron chi connectivity index (χ1n) is 17.5. The molecular formula is C36H50FN7O. The highest BCUT2D eigenvalue weighted by atomic mass is 19.1. The van der Waals surface area contributed by atoms with Crippen molar-refractivity contribution in [1.29, 1.82) is 0 Å². The lowest BCUT2D eigenvalue weighted by Gasteiger charge is -2.42. The minimum absolute atomic E-state index is 0.167. The van der Waals surface area contributed by atoms with E-state index in [2.05, 4.69) is 49.3 Å². The molecule has 2 N–H and O–H groups in total. The van der Waals surface area contributed by atoms with E-state index in [-0.39, 0.29) is 17.9 Å². The number of fused-ring (bicyclic) bond motifs is 2. The molecule has 9 heteroatoms. The van der Waals surface area contributed by atoms with Gasteiger partial charge in [0.25, 0.3) is 0 Å². The van der Waals surface area contributed by atoms with E-state index in [0.29, 0.717) is 18.2 Å². The number of piperidine rings is 3. The Bertz CT molecular complexity index is 1450. The number of H-pyrrole nitrogens is 1. The van der Waals surface area contributed by atoms with Crippen LogP contribution in [0, 0.1) is 18.7 Å². The SMILES string of the molecule is Cc1cc(CC(CCN2CCC(N3Cc4cccc(F)c4NC3=O)CC2)CN2CCC(N3CCCCC3)CC2)cc2cn[nH]c12. The zero-order valence-corrected chi connectivity index (χ0v) is 26.9. The van der Waals surface area contributed by atoms with Gasteiger partial charge in [-0.05, 0) is 126 Å². The highest BCUT2D eigenvalue weighted by Gasteiger charge is 2.33. The van der Waals surface area contributed by atoms with Gasteiger partial charge < -0.3 is 24.9 Å². The van der Waals surface area contributed by atoms with Crippen LogP contribution in [0.1, 0.15) is 68.1 Å². The Balaban J connectivity index is 0.954. The van der Waals surface area contributed by atoms with Gasteiger partial charge in [0.2, 0.25) is 0 Å². The standard InChI is InChI=1S/C36H50FN7O/c1-26-20-28(22-30-23-38-40-34(26)30)21-27(24-42-18-9-31(10-19-42)43-13-3-2-4-14-43)8-15-41-16-11-32(12-17-41)44-25-29-6-5-7-33(37)35(29)39-36(44)45/h5-7,20,22-23,27,31-32H,2-4,8-19,21,24-25H2,1H3,(H,38,40)(H,39,45). The third-order valence-electron chi connectivity index (χ3n) is 11.1. The summed E-state index contributed by atoms with van der Waals surface area (Å²) in [6.07, 6.45) is 12.9. The Morgan fingerprint density at radius 3 is 2.51 bits per heavy atom. The molecule has 5 heterocycles. The average molecular weight is 616 g/mol. The molecule has 2 aromatic carbocycles. The van der Waals surface area contributed by atoms with Crippen LogP contribution in [0.3, 0.4) is 0 Å². The molecule has 8 nitrogen and oxygen atoms in total. The third kappa shape index (κ3) is 7.05. The first-order valence-corrected chi connectivity index (χ1v) is 17.5. The number of urea groups is 1. The van der Waals surface area contributed by atoms with E-state index >= 15 is 0 Å². The van der Waals surface area contributed by atoms with Gasteiger partial charge in [-0.25, -0.2) is 9.18 Å². The number of benzene rings is 2. The number of carbonyl (C=O) groups excluding carboxylic acids is 1. The highest BCUT2D eigenvalue weighted by molar-refractivity contribution is 5.92. The van der Waals surface area contributed by atoms with Gasteiger partial charge in [0, 0.05) is 43.6 Å². The van der Waals surface area contributed by atoms with Crippen LogP contribution in [0.4, 0.5) is 14.9 Å². The number of rotatable bonds is 9. The van der Waals surface area contributed by atoms with Gasteiger partial charge in [0.15, 0.2) is 0 Å². The molecule has 1 aromatic heterocycles. The molecule has 3 fully saturated rings. The predicted molar refractivity (Wildman–Crippen MR) is 178 cm³/mol. The van der Waals surface area contributed by atoms with Crippen molar-refractivity contribution >= 4 is 22.6 Å². The fourth-order valence-corrected chi connectivity index (χ4v) is 8.53. The van der Waals surface area contributed by atoms with Gasteiger partial charge in [-0.3, -0.25) is 5.10 Å². The lowest BCUT2D eigenvalue weighted by molar-refractivity contribution is 0.0810. The summed E-state index contributed by atoms with van der Waals surface area (Å²) in [7, 11) is 0. The number of carbonyl (C=O) groups is 1. The average Bonchev–Trinajstić information content (AvgIpc) is 3.54. The number of aryl methyl sites for hydroxylation is 1. The summed E-state index contributed by atoms with van der Waals surface area (Å²) in [6.45, 7) is 12.0. The highest BCUT2D eigenvalue weighted by Crippen LogP contribution is 2.30. The number of nitrogens with zero attached hydrogens (tertiary/aromatic N) is 5. The Hall–Kier alpha value is -3.01. The number of amides is 2. The lowest BCUT2D eigenvalue weighted by atomic mass is 9.91. The Kier molecular flexibility index (Phi) is 9.38. The molecule has 0 aliphatic carbocycles. The van der Waals surface area contributed by atoms with Crippen molar-refractivity contribution in [2.75, 3.05) is 57.7 Å². The number of aromatic nitrogens is 2. The summed E-state index contributed by atoms with van der Waals surface area (Å²) in [5.74, 6) is 0.244. The lowest BCUT2D eigenvalue weighted by Crippen LogP contribution is -2.50. The molecule has 242 valence electrons. The molecule has 3 aromatic rings. The molecule has 4 aliphatic rings. The maximum absolute atomic E-state index is 14.2. The topological polar surface area (TPSA) is 70.7 Å². The summed E-state index contributed by atoms with van der Waals surface area (Å²) >= 11 is 0. The largest absolute Gasteiger partial charge is 0.322 e. The zero-order chi connectivity index (χ0) is 30.8. The zero-order valence-electron chi connectivity index (χ0n) is 26.9. The van der Waals surface area contributed by atoms with E-state index in [0.717, 1.165) is 62.6 Å². The smallest absolute Gasteiger partial charge is 0.317 e. The minimum atomic E-state index is -0.351. The first-order chi connectivity index (χ1) is 22.0. The number of para-hydroxylation sites is 1. The van der Waals surface area contributed by atoms with Crippen LogP contribution in [0.25, 0.3) is 10.9 Å². The Labute approximate surface area is 267 Å². The maximum atomic E-state index is 14.2. The molecule has 0 spiro atoms. The molecule has 45 heavy (non-hydrogen) atoms. The Morgan fingerprint density at radius 1 is 0.956 bits per heavy atom. The van der Waals surface area contributed by atoms with Gasteiger partial charge >= 0.3 is 6.03 Å². The van der Waals surface area contributed by atoms with Crippen LogP contribution in [0.5, 0.6) is 0 Å². The van der Waals surface area contributed by atoms with Crippen molar-refractivity contribution < 1.29 is 9.18 Å². The second-order valence-electron chi connectivity index (χ2n) is 14.1. The number of nitrogens with one attached hydrogen (secondary N) is 2. The minimum Gasteiger partial charge on any atom is -0.317 e. The maximum Gasteiger partial charge on any atom is 0.322 e. The van der Waals surface area contributed by atoms with Crippen molar-refractivity contribution in [3.8, 4) is 0 Å². The van der Waals surface area contributed by atoms with E-state index in [1.807, 2.05) is 17.2 Å². The van der Waals surface area contributed by atoms with Crippen LogP contribution >= 0.6 is 0 Å². The van der Waals surface area contributed by atoms with Crippen LogP contribution < -0.4 is 5.32 Å². The second kappa shape index (κ2) is 13.8. The fourth-order valence-electron chi connectivity index (χ4n) is 8.53. The first kappa shape index (κ1) is 30.6. The van der Waals surface area contributed by atoms with E-state index in [9.17, 15) is 9.18 Å². The van der Waals surface area contributed by atoms with Gasteiger partial charge in [0.05, 0.1) is 17.4 Å². The van der Waals surface area contributed by atoms with Crippen LogP contribution in [-0.4, -0.2) is 100 Å². The molecule has 1 unspecified atom stereocenters. The third-order valence-corrected chi connectivity index (χ3v) is 11.1. The summed E-state index contributed by atoms with van der Waals surface area (Å²) in [5.41, 5.74) is 5.05. The molecule has 2 amide bonds. The van der Waals surface area contributed by atoms with Crippen molar-refractivity contribution in [3.05, 3.63) is 59.0 Å². The fraction of sp³-hybridized carbons (Fsp3) is 0.611. The number of hydrogen-bond acceptors (Lipinski definition) is 5. The summed E-state index contributed by atoms with van der Waals surface area (Å²) in [5, 5.41) is 11.5.